The third-order valence-corrected chi connectivity index (χ3v) is 3.30. The van der Waals surface area contributed by atoms with Crippen LogP contribution in [0.25, 0.3) is 0 Å². The van der Waals surface area contributed by atoms with Gasteiger partial charge in [-0.05, 0) is 25.3 Å². The van der Waals surface area contributed by atoms with Crippen molar-refractivity contribution >= 4 is 23.0 Å². The van der Waals surface area contributed by atoms with Gasteiger partial charge in [0.25, 0.3) is 0 Å². The number of ether oxygens (including phenoxy) is 1. The van der Waals surface area contributed by atoms with Crippen LogP contribution < -0.4 is 0 Å². The lowest BCUT2D eigenvalue weighted by atomic mass is 9.79. The first-order chi connectivity index (χ1) is 10.2. The molecule has 0 unspecified atom stereocenters. The molecule has 1 saturated carbocycles. The van der Waals surface area contributed by atoms with Crippen molar-refractivity contribution in [3.8, 4) is 0 Å². The van der Waals surface area contributed by atoms with E-state index in [9.17, 15) is 17.6 Å². The third-order valence-electron chi connectivity index (χ3n) is 3.13. The number of aliphatic imine (C=N–C) groups is 1. The quantitative estimate of drug-likeness (QED) is 0.241. The van der Waals surface area contributed by atoms with Gasteiger partial charge in [0.1, 0.15) is 0 Å². The van der Waals surface area contributed by atoms with Gasteiger partial charge in [0.2, 0.25) is 11.5 Å². The molecule has 124 valence electrons. The molecule has 0 heterocycles. The SMILES string of the molecule is C=C/C(F)=C(/OC1(C(F)(F)F)CCC1)N(C)/N=C(/Cl)C=NC. The molecule has 1 aliphatic carbocycles. The number of hydrogen-bond acceptors (Lipinski definition) is 4. The van der Waals surface area contributed by atoms with Gasteiger partial charge in [0, 0.05) is 14.1 Å². The van der Waals surface area contributed by atoms with E-state index < -0.39 is 23.5 Å². The second-order valence-corrected chi connectivity index (χ2v) is 5.03. The maximum absolute atomic E-state index is 13.8. The van der Waals surface area contributed by atoms with Crippen molar-refractivity contribution in [2.75, 3.05) is 14.1 Å². The molecule has 0 N–H and O–H groups in total. The zero-order chi connectivity index (χ0) is 17.0. The third kappa shape index (κ3) is 4.00. The van der Waals surface area contributed by atoms with Crippen LogP contribution in [-0.2, 0) is 4.74 Å². The topological polar surface area (TPSA) is 37.2 Å². The summed E-state index contributed by atoms with van der Waals surface area (Å²) in [6.07, 6.45) is -2.86. The highest BCUT2D eigenvalue weighted by atomic mass is 35.5. The summed E-state index contributed by atoms with van der Waals surface area (Å²) in [5, 5.41) is 4.33. The van der Waals surface area contributed by atoms with Crippen molar-refractivity contribution in [3.05, 3.63) is 24.4 Å². The van der Waals surface area contributed by atoms with Crippen molar-refractivity contribution < 1.29 is 22.3 Å². The Bertz CT molecular complexity index is 510. The maximum atomic E-state index is 13.8. The largest absolute Gasteiger partial charge is 0.459 e. The van der Waals surface area contributed by atoms with E-state index in [4.69, 9.17) is 16.3 Å². The monoisotopic (exact) mass is 341 g/mol. The van der Waals surface area contributed by atoms with Gasteiger partial charge in [-0.25, -0.2) is 9.40 Å². The van der Waals surface area contributed by atoms with E-state index in [2.05, 4.69) is 16.7 Å². The lowest BCUT2D eigenvalue weighted by Gasteiger charge is -2.43. The van der Waals surface area contributed by atoms with E-state index in [-0.39, 0.29) is 18.0 Å². The van der Waals surface area contributed by atoms with Crippen LogP contribution in [0.1, 0.15) is 19.3 Å². The highest BCUT2D eigenvalue weighted by Gasteiger charge is 2.61. The summed E-state index contributed by atoms with van der Waals surface area (Å²) in [4.78, 5) is 3.59. The Morgan fingerprint density at radius 2 is 2.00 bits per heavy atom. The van der Waals surface area contributed by atoms with E-state index in [0.29, 0.717) is 6.42 Å². The van der Waals surface area contributed by atoms with Gasteiger partial charge < -0.3 is 4.74 Å². The first-order valence-electron chi connectivity index (χ1n) is 6.35. The fourth-order valence-corrected chi connectivity index (χ4v) is 2.02. The first-order valence-corrected chi connectivity index (χ1v) is 6.72. The molecule has 1 rings (SSSR count). The molecule has 0 amide bonds. The Morgan fingerprint density at radius 1 is 1.41 bits per heavy atom. The van der Waals surface area contributed by atoms with Crippen LogP contribution in [0.5, 0.6) is 0 Å². The summed E-state index contributed by atoms with van der Waals surface area (Å²) < 4.78 is 58.2. The Labute approximate surface area is 130 Å². The van der Waals surface area contributed by atoms with Gasteiger partial charge >= 0.3 is 6.18 Å². The van der Waals surface area contributed by atoms with E-state index in [0.717, 1.165) is 17.3 Å². The molecular formula is C13H16ClF4N3O. The van der Waals surface area contributed by atoms with Crippen molar-refractivity contribution in [2.45, 2.75) is 31.0 Å². The second kappa shape index (κ2) is 7.13. The van der Waals surface area contributed by atoms with Gasteiger partial charge in [0.05, 0.1) is 6.21 Å². The molecule has 0 saturated heterocycles. The molecule has 0 bridgehead atoms. The van der Waals surface area contributed by atoms with E-state index >= 15 is 0 Å². The standard InChI is InChI=1S/C13H16ClF4N3O/c1-4-9(15)11(21(3)20-10(14)8-19-2)22-12(6-5-7-12)13(16,17)18/h4,8H,1,5-7H2,2-3H3/b11-9-,19-8?,20-10+. The van der Waals surface area contributed by atoms with Crippen LogP contribution in [0.3, 0.4) is 0 Å². The average molecular weight is 342 g/mol. The molecule has 0 aromatic heterocycles. The van der Waals surface area contributed by atoms with Crippen LogP contribution in [-0.4, -0.2) is 42.3 Å². The molecule has 0 aliphatic heterocycles. The lowest BCUT2D eigenvalue weighted by Crippen LogP contribution is -2.53. The molecule has 0 atom stereocenters. The molecule has 1 aliphatic rings. The van der Waals surface area contributed by atoms with E-state index in [1.165, 1.54) is 14.1 Å². The molecule has 9 heteroatoms. The predicted molar refractivity (Wildman–Crippen MR) is 77.5 cm³/mol. The summed E-state index contributed by atoms with van der Waals surface area (Å²) in [7, 11) is 2.65. The van der Waals surface area contributed by atoms with Gasteiger partial charge in [-0.15, -0.1) is 0 Å². The van der Waals surface area contributed by atoms with Gasteiger partial charge in [-0.1, -0.05) is 18.2 Å². The number of hydrogen-bond donors (Lipinski definition) is 0. The zero-order valence-electron chi connectivity index (χ0n) is 12.1. The normalized spacial score (nSPS) is 19.5. The Kier molecular flexibility index (Phi) is 5.99. The number of nitrogens with zero attached hydrogens (tertiary/aromatic N) is 3. The number of hydrazone groups is 1. The Balaban J connectivity index is 3.11. The number of allylic oxidation sites excluding steroid dienone is 2. The highest BCUT2D eigenvalue weighted by molar-refractivity contribution is 6.79. The molecule has 1 fully saturated rings. The van der Waals surface area contributed by atoms with Crippen molar-refractivity contribution in [1.29, 1.82) is 0 Å². The molecule has 0 radical (unpaired) electrons. The Morgan fingerprint density at radius 3 is 2.36 bits per heavy atom. The summed E-state index contributed by atoms with van der Waals surface area (Å²) in [6.45, 7) is 3.19. The summed E-state index contributed by atoms with van der Waals surface area (Å²) in [6, 6.07) is 0. The van der Waals surface area contributed by atoms with E-state index in [1.807, 2.05) is 0 Å². The minimum Gasteiger partial charge on any atom is -0.459 e. The molecular weight excluding hydrogens is 326 g/mol. The molecule has 0 aromatic carbocycles. The molecule has 4 nitrogen and oxygen atoms in total. The minimum absolute atomic E-state index is 0.141. The van der Waals surface area contributed by atoms with Crippen molar-refractivity contribution in [3.63, 3.8) is 0 Å². The van der Waals surface area contributed by atoms with Gasteiger partial charge in [-0.3, -0.25) is 4.99 Å². The predicted octanol–water partition coefficient (Wildman–Crippen LogP) is 4.00. The second-order valence-electron chi connectivity index (χ2n) is 4.64. The fourth-order valence-electron chi connectivity index (χ4n) is 1.80. The summed E-state index contributed by atoms with van der Waals surface area (Å²) in [5.41, 5.74) is -2.40. The lowest BCUT2D eigenvalue weighted by molar-refractivity contribution is -0.298. The first kappa shape index (κ1) is 18.5. The van der Waals surface area contributed by atoms with Crippen LogP contribution in [0.2, 0.25) is 0 Å². The molecule has 0 spiro atoms. The number of halogens is 5. The maximum Gasteiger partial charge on any atom is 0.428 e. The number of alkyl halides is 3. The van der Waals surface area contributed by atoms with Crippen molar-refractivity contribution in [2.24, 2.45) is 10.1 Å². The van der Waals surface area contributed by atoms with Gasteiger partial charge in [0.15, 0.2) is 11.0 Å². The van der Waals surface area contributed by atoms with Crippen LogP contribution in [0, 0.1) is 0 Å². The fraction of sp³-hybridized carbons (Fsp3) is 0.538. The minimum atomic E-state index is -4.61. The van der Waals surface area contributed by atoms with Crippen molar-refractivity contribution in [1.82, 2.24) is 5.01 Å². The average Bonchev–Trinajstić information content (AvgIpc) is 2.35. The van der Waals surface area contributed by atoms with E-state index in [1.54, 1.807) is 0 Å². The van der Waals surface area contributed by atoms with Crippen LogP contribution in [0.15, 0.2) is 34.5 Å². The smallest absolute Gasteiger partial charge is 0.428 e. The Hall–Kier alpha value is -1.57. The van der Waals surface area contributed by atoms with Crippen LogP contribution >= 0.6 is 11.6 Å². The number of rotatable bonds is 6. The van der Waals surface area contributed by atoms with Crippen LogP contribution in [0.4, 0.5) is 17.6 Å². The highest BCUT2D eigenvalue weighted by Crippen LogP contribution is 2.49. The zero-order valence-corrected chi connectivity index (χ0v) is 12.9. The summed E-state index contributed by atoms with van der Waals surface area (Å²) in [5.74, 6) is -1.77. The molecule has 0 aromatic rings. The van der Waals surface area contributed by atoms with Gasteiger partial charge in [-0.2, -0.15) is 18.3 Å². The molecule has 22 heavy (non-hydrogen) atoms. The summed E-state index contributed by atoms with van der Waals surface area (Å²) >= 11 is 5.69.